The first kappa shape index (κ1) is 16.3. The van der Waals surface area contributed by atoms with Crippen LogP contribution >= 0.6 is 11.6 Å². The molecule has 0 aromatic heterocycles. The summed E-state index contributed by atoms with van der Waals surface area (Å²) in [4.78, 5) is 13.2. The van der Waals surface area contributed by atoms with Crippen molar-refractivity contribution in [1.29, 1.82) is 0 Å². The zero-order valence-electron chi connectivity index (χ0n) is 12.2. The van der Waals surface area contributed by atoms with Crippen molar-refractivity contribution in [2.75, 3.05) is 13.1 Å². The minimum Gasteiger partial charge on any atom is -0.480 e. The summed E-state index contributed by atoms with van der Waals surface area (Å²) in [5.74, 6) is -0.581. The first-order chi connectivity index (χ1) is 10.0. The minimum absolute atomic E-state index is 0.175. The Morgan fingerprint density at radius 1 is 1.33 bits per heavy atom. The highest BCUT2D eigenvalue weighted by Gasteiger charge is 2.31. The summed E-state index contributed by atoms with van der Waals surface area (Å²) in [5.41, 5.74) is 0.878. The van der Waals surface area contributed by atoms with Gasteiger partial charge in [-0.3, -0.25) is 9.69 Å². The van der Waals surface area contributed by atoms with E-state index in [1.54, 1.807) is 12.1 Å². The van der Waals surface area contributed by atoms with Gasteiger partial charge in [0.15, 0.2) is 0 Å². The van der Waals surface area contributed by atoms with E-state index in [0.717, 1.165) is 31.5 Å². The number of rotatable bonds is 5. The number of aliphatic hydroxyl groups excluding tert-OH is 1. The average molecular weight is 312 g/mol. The molecule has 0 saturated carbocycles. The van der Waals surface area contributed by atoms with Crippen molar-refractivity contribution in [2.24, 2.45) is 5.92 Å². The molecule has 2 rings (SSSR count). The van der Waals surface area contributed by atoms with Crippen LogP contribution in [0.5, 0.6) is 0 Å². The molecule has 4 nitrogen and oxygen atoms in total. The molecule has 0 spiro atoms. The fourth-order valence-corrected chi connectivity index (χ4v) is 3.19. The Labute approximate surface area is 130 Å². The zero-order valence-corrected chi connectivity index (χ0v) is 13.0. The predicted octanol–water partition coefficient (Wildman–Crippen LogP) is 2.95. The van der Waals surface area contributed by atoms with Gasteiger partial charge < -0.3 is 10.2 Å². The molecule has 21 heavy (non-hydrogen) atoms. The topological polar surface area (TPSA) is 60.8 Å². The Kier molecular flexibility index (Phi) is 5.62. The summed E-state index contributed by atoms with van der Waals surface area (Å²) in [6, 6.07) is 6.87. The monoisotopic (exact) mass is 311 g/mol. The van der Waals surface area contributed by atoms with Crippen molar-refractivity contribution in [1.82, 2.24) is 4.90 Å². The predicted molar refractivity (Wildman–Crippen MR) is 82.4 cm³/mol. The fourth-order valence-electron chi connectivity index (χ4n) is 3.07. The highest BCUT2D eigenvalue weighted by Crippen LogP contribution is 2.32. The summed E-state index contributed by atoms with van der Waals surface area (Å²) in [7, 11) is 0. The van der Waals surface area contributed by atoms with Crippen molar-refractivity contribution in [2.45, 2.75) is 38.3 Å². The number of carboxylic acid groups (broad SMARTS) is 1. The van der Waals surface area contributed by atoms with Crippen molar-refractivity contribution >= 4 is 17.6 Å². The SMILES string of the molecule is CC[C@@H](C(=O)O)N1CCC([C@H](O)c2ccc(Cl)cc2)CC1. The summed E-state index contributed by atoms with van der Waals surface area (Å²) in [6.45, 7) is 3.34. The van der Waals surface area contributed by atoms with Crippen LogP contribution < -0.4 is 0 Å². The lowest BCUT2D eigenvalue weighted by molar-refractivity contribution is -0.144. The third-order valence-corrected chi connectivity index (χ3v) is 4.60. The van der Waals surface area contributed by atoms with E-state index >= 15 is 0 Å². The van der Waals surface area contributed by atoms with Gasteiger partial charge in [-0.15, -0.1) is 0 Å². The van der Waals surface area contributed by atoms with E-state index in [9.17, 15) is 15.0 Å². The van der Waals surface area contributed by atoms with Gasteiger partial charge in [-0.25, -0.2) is 0 Å². The summed E-state index contributed by atoms with van der Waals surface area (Å²) < 4.78 is 0. The quantitative estimate of drug-likeness (QED) is 0.877. The average Bonchev–Trinajstić information content (AvgIpc) is 2.48. The van der Waals surface area contributed by atoms with Crippen LogP contribution in [0, 0.1) is 5.92 Å². The Hall–Kier alpha value is -1.10. The standard InChI is InChI=1S/C16H22ClNO3/c1-2-14(16(20)21)18-9-7-12(8-10-18)15(19)11-3-5-13(17)6-4-11/h3-6,12,14-15,19H,2,7-10H2,1H3,(H,20,21)/t14-,15+/m0/s1. The summed E-state index contributed by atoms with van der Waals surface area (Å²) in [5, 5.41) is 20.3. The van der Waals surface area contributed by atoms with E-state index < -0.39 is 18.1 Å². The maximum Gasteiger partial charge on any atom is 0.320 e. The first-order valence-corrected chi connectivity index (χ1v) is 7.81. The lowest BCUT2D eigenvalue weighted by Gasteiger charge is -2.37. The molecule has 1 aliphatic heterocycles. The second-order valence-corrected chi connectivity index (χ2v) is 6.07. The van der Waals surface area contributed by atoms with E-state index in [2.05, 4.69) is 0 Å². The van der Waals surface area contributed by atoms with Crippen molar-refractivity contribution in [3.05, 3.63) is 34.9 Å². The molecular formula is C16H22ClNO3. The van der Waals surface area contributed by atoms with Crippen molar-refractivity contribution < 1.29 is 15.0 Å². The van der Waals surface area contributed by atoms with Gasteiger partial charge in [0.05, 0.1) is 6.10 Å². The van der Waals surface area contributed by atoms with Crippen LogP contribution in [0.15, 0.2) is 24.3 Å². The third kappa shape index (κ3) is 3.96. The van der Waals surface area contributed by atoms with E-state index in [4.69, 9.17) is 11.6 Å². The summed E-state index contributed by atoms with van der Waals surface area (Å²) >= 11 is 5.86. The molecule has 1 aliphatic rings. The third-order valence-electron chi connectivity index (χ3n) is 4.34. The lowest BCUT2D eigenvalue weighted by Crippen LogP contribution is -2.46. The smallest absolute Gasteiger partial charge is 0.320 e. The van der Waals surface area contributed by atoms with Crippen LogP contribution in [0.4, 0.5) is 0 Å². The van der Waals surface area contributed by atoms with Crippen molar-refractivity contribution in [3.63, 3.8) is 0 Å². The molecule has 1 aromatic rings. The highest BCUT2D eigenvalue weighted by molar-refractivity contribution is 6.30. The van der Waals surface area contributed by atoms with Gasteiger partial charge in [0.1, 0.15) is 6.04 Å². The first-order valence-electron chi connectivity index (χ1n) is 7.43. The van der Waals surface area contributed by atoms with Gasteiger partial charge >= 0.3 is 5.97 Å². The van der Waals surface area contributed by atoms with Gasteiger partial charge in [0, 0.05) is 5.02 Å². The van der Waals surface area contributed by atoms with Crippen molar-refractivity contribution in [3.8, 4) is 0 Å². The van der Waals surface area contributed by atoms with Crippen LogP contribution in [0.3, 0.4) is 0 Å². The van der Waals surface area contributed by atoms with Gasteiger partial charge in [0.25, 0.3) is 0 Å². The Morgan fingerprint density at radius 3 is 2.38 bits per heavy atom. The molecule has 0 radical (unpaired) electrons. The second-order valence-electron chi connectivity index (χ2n) is 5.63. The Morgan fingerprint density at radius 2 is 1.90 bits per heavy atom. The van der Waals surface area contributed by atoms with Gasteiger partial charge in [-0.05, 0) is 56.0 Å². The molecule has 1 saturated heterocycles. The number of piperidine rings is 1. The van der Waals surface area contributed by atoms with Crippen LogP contribution in [0.2, 0.25) is 5.02 Å². The Balaban J connectivity index is 1.94. The van der Waals surface area contributed by atoms with Gasteiger partial charge in [0.2, 0.25) is 0 Å². The number of nitrogens with zero attached hydrogens (tertiary/aromatic N) is 1. The summed E-state index contributed by atoms with van der Waals surface area (Å²) in [6.07, 6.45) is 1.73. The molecule has 2 atom stereocenters. The molecule has 1 fully saturated rings. The van der Waals surface area contributed by atoms with Crippen LogP contribution in [-0.2, 0) is 4.79 Å². The number of carbonyl (C=O) groups is 1. The largest absolute Gasteiger partial charge is 0.480 e. The maximum atomic E-state index is 11.2. The van der Waals surface area contributed by atoms with Crippen LogP contribution in [-0.4, -0.2) is 40.2 Å². The number of benzene rings is 1. The van der Waals surface area contributed by atoms with E-state index in [1.807, 2.05) is 24.0 Å². The lowest BCUT2D eigenvalue weighted by atomic mass is 9.87. The molecular weight excluding hydrogens is 290 g/mol. The molecule has 5 heteroatoms. The van der Waals surface area contributed by atoms with E-state index in [0.29, 0.717) is 11.4 Å². The molecule has 0 unspecified atom stereocenters. The number of carboxylic acids is 1. The number of aliphatic carboxylic acids is 1. The molecule has 116 valence electrons. The molecule has 0 aliphatic carbocycles. The maximum absolute atomic E-state index is 11.2. The molecule has 0 bridgehead atoms. The minimum atomic E-state index is -0.755. The molecule has 1 heterocycles. The fraction of sp³-hybridized carbons (Fsp3) is 0.562. The van der Waals surface area contributed by atoms with Crippen LogP contribution in [0.1, 0.15) is 37.9 Å². The normalized spacial score (nSPS) is 20.1. The van der Waals surface area contributed by atoms with Crippen LogP contribution in [0.25, 0.3) is 0 Å². The zero-order chi connectivity index (χ0) is 15.4. The highest BCUT2D eigenvalue weighted by atomic mass is 35.5. The molecule has 2 N–H and O–H groups in total. The molecule has 1 aromatic carbocycles. The Bertz CT molecular complexity index is 469. The van der Waals surface area contributed by atoms with E-state index in [1.165, 1.54) is 0 Å². The molecule has 0 amide bonds. The van der Waals surface area contributed by atoms with E-state index in [-0.39, 0.29) is 5.92 Å². The second kappa shape index (κ2) is 7.25. The van der Waals surface area contributed by atoms with Gasteiger partial charge in [-0.1, -0.05) is 30.7 Å². The number of aliphatic hydroxyl groups is 1. The van der Waals surface area contributed by atoms with Gasteiger partial charge in [-0.2, -0.15) is 0 Å². The number of hydrogen-bond donors (Lipinski definition) is 2. The number of likely N-dealkylation sites (tertiary alicyclic amines) is 1. The number of halogens is 1. The number of hydrogen-bond acceptors (Lipinski definition) is 3.